The molecule has 0 aromatic carbocycles. The topological polar surface area (TPSA) is 49.7 Å². The molecule has 0 heterocycles. The summed E-state index contributed by atoms with van der Waals surface area (Å²) in [5.74, 6) is 0. The van der Waals surface area contributed by atoms with Gasteiger partial charge in [-0.05, 0) is 19.3 Å². The number of hydrogen-bond donors (Lipinski definition) is 2. The van der Waals surface area contributed by atoms with Gasteiger partial charge in [0.05, 0.1) is 6.10 Å². The van der Waals surface area contributed by atoms with Crippen molar-refractivity contribution in [1.29, 1.82) is 0 Å². The monoisotopic (exact) mass is 148 g/mol. The lowest BCUT2D eigenvalue weighted by molar-refractivity contribution is 0.0654. The van der Waals surface area contributed by atoms with Gasteiger partial charge in [-0.15, -0.1) is 0 Å². The summed E-state index contributed by atoms with van der Waals surface area (Å²) in [5, 5.41) is 17.0. The fraction of sp³-hybridized carbons (Fsp3) is 1.00. The highest BCUT2D eigenvalue weighted by Gasteiger charge is 2.04. The second-order valence-corrected chi connectivity index (χ2v) is 2.24. The second kappa shape index (κ2) is 6.99. The van der Waals surface area contributed by atoms with Crippen LogP contribution in [-0.2, 0) is 4.74 Å². The molecule has 0 aromatic rings. The van der Waals surface area contributed by atoms with Gasteiger partial charge in [-0.25, -0.2) is 0 Å². The molecule has 0 radical (unpaired) electrons. The van der Waals surface area contributed by atoms with Gasteiger partial charge in [0.1, 0.15) is 0 Å². The van der Waals surface area contributed by atoms with Crippen LogP contribution in [0, 0.1) is 0 Å². The molecule has 0 saturated heterocycles. The molecule has 0 amide bonds. The van der Waals surface area contributed by atoms with E-state index in [1.54, 1.807) is 7.11 Å². The average Bonchev–Trinajstić information content (AvgIpc) is 1.98. The van der Waals surface area contributed by atoms with E-state index in [0.717, 1.165) is 12.8 Å². The molecule has 3 nitrogen and oxygen atoms in total. The van der Waals surface area contributed by atoms with E-state index in [1.165, 1.54) is 0 Å². The Morgan fingerprint density at radius 3 is 2.30 bits per heavy atom. The van der Waals surface area contributed by atoms with Crippen LogP contribution in [0.2, 0.25) is 0 Å². The van der Waals surface area contributed by atoms with Crippen molar-refractivity contribution >= 4 is 0 Å². The smallest absolute Gasteiger partial charge is 0.0594 e. The number of ether oxygens (including phenoxy) is 1. The minimum absolute atomic E-state index is 0.108. The fourth-order valence-electron chi connectivity index (χ4n) is 0.843. The summed E-state index contributed by atoms with van der Waals surface area (Å²) in [5.41, 5.74) is 0. The van der Waals surface area contributed by atoms with E-state index in [0.29, 0.717) is 6.42 Å². The molecule has 0 fully saturated rings. The van der Waals surface area contributed by atoms with Crippen LogP contribution in [0.25, 0.3) is 0 Å². The highest BCUT2D eigenvalue weighted by atomic mass is 16.5. The largest absolute Gasteiger partial charge is 0.396 e. The van der Waals surface area contributed by atoms with Crippen LogP contribution >= 0.6 is 0 Å². The quantitative estimate of drug-likeness (QED) is 0.564. The maximum absolute atomic E-state index is 8.52. The normalized spacial score (nSPS) is 13.5. The predicted octanol–water partition coefficient (Wildman–Crippen LogP) is 0.156. The Labute approximate surface area is 61.6 Å². The Hall–Kier alpha value is -0.120. The molecular weight excluding hydrogens is 132 g/mol. The molecule has 0 rings (SSSR count). The van der Waals surface area contributed by atoms with Gasteiger partial charge in [-0.1, -0.05) is 0 Å². The van der Waals surface area contributed by atoms with E-state index < -0.39 is 0 Å². The van der Waals surface area contributed by atoms with Gasteiger partial charge in [-0.2, -0.15) is 0 Å². The molecule has 2 N–H and O–H groups in total. The summed E-state index contributed by atoms with van der Waals surface area (Å²) in [6.07, 6.45) is 2.35. The van der Waals surface area contributed by atoms with Crippen molar-refractivity contribution in [2.75, 3.05) is 20.3 Å². The van der Waals surface area contributed by atoms with E-state index in [9.17, 15) is 0 Å². The zero-order valence-corrected chi connectivity index (χ0v) is 6.42. The molecule has 62 valence electrons. The van der Waals surface area contributed by atoms with Crippen molar-refractivity contribution in [2.45, 2.75) is 25.4 Å². The number of rotatable bonds is 6. The van der Waals surface area contributed by atoms with E-state index in [4.69, 9.17) is 14.9 Å². The maximum atomic E-state index is 8.52. The van der Waals surface area contributed by atoms with Crippen LogP contribution in [0.3, 0.4) is 0 Å². The van der Waals surface area contributed by atoms with Crippen molar-refractivity contribution in [3.05, 3.63) is 0 Å². The summed E-state index contributed by atoms with van der Waals surface area (Å²) in [6, 6.07) is 0. The van der Waals surface area contributed by atoms with E-state index in [1.807, 2.05) is 0 Å². The number of aliphatic hydroxyl groups is 2. The molecule has 0 aliphatic rings. The summed E-state index contributed by atoms with van der Waals surface area (Å²) in [4.78, 5) is 0. The van der Waals surface area contributed by atoms with E-state index in [2.05, 4.69) is 0 Å². The standard InChI is InChI=1S/C7H16O3/c1-10-7(4-6-9)3-2-5-8/h7-9H,2-6H2,1H3. The zero-order valence-electron chi connectivity index (χ0n) is 6.42. The van der Waals surface area contributed by atoms with Gasteiger partial charge in [-0.3, -0.25) is 0 Å². The lowest BCUT2D eigenvalue weighted by Gasteiger charge is -2.11. The first-order valence-corrected chi connectivity index (χ1v) is 3.59. The molecule has 0 spiro atoms. The lowest BCUT2D eigenvalue weighted by Crippen LogP contribution is -2.12. The first-order chi connectivity index (χ1) is 4.85. The van der Waals surface area contributed by atoms with Gasteiger partial charge in [0.2, 0.25) is 0 Å². The van der Waals surface area contributed by atoms with Crippen LogP contribution in [0.5, 0.6) is 0 Å². The van der Waals surface area contributed by atoms with Gasteiger partial charge in [0.25, 0.3) is 0 Å². The summed E-state index contributed by atoms with van der Waals surface area (Å²) in [6.45, 7) is 0.356. The molecule has 0 saturated carbocycles. The van der Waals surface area contributed by atoms with Crippen LogP contribution in [0.4, 0.5) is 0 Å². The second-order valence-electron chi connectivity index (χ2n) is 2.24. The highest BCUT2D eigenvalue weighted by Crippen LogP contribution is 2.04. The Balaban J connectivity index is 3.21. The first kappa shape index (κ1) is 9.88. The third-order valence-corrected chi connectivity index (χ3v) is 1.47. The van der Waals surface area contributed by atoms with Crippen LogP contribution in [0.1, 0.15) is 19.3 Å². The third-order valence-electron chi connectivity index (χ3n) is 1.47. The van der Waals surface area contributed by atoms with Crippen LogP contribution in [0.15, 0.2) is 0 Å². The molecule has 0 aliphatic carbocycles. The molecule has 0 aliphatic heterocycles. The minimum Gasteiger partial charge on any atom is -0.396 e. The minimum atomic E-state index is 0.108. The predicted molar refractivity (Wildman–Crippen MR) is 38.8 cm³/mol. The van der Waals surface area contributed by atoms with Gasteiger partial charge < -0.3 is 14.9 Å². The summed E-state index contributed by atoms with van der Waals surface area (Å²) in [7, 11) is 1.62. The molecular formula is C7H16O3. The highest BCUT2D eigenvalue weighted by molar-refractivity contribution is 4.55. The Morgan fingerprint density at radius 2 is 1.90 bits per heavy atom. The van der Waals surface area contributed by atoms with Crippen molar-refractivity contribution in [3.8, 4) is 0 Å². The Bertz CT molecular complexity index is 65.9. The van der Waals surface area contributed by atoms with Crippen molar-refractivity contribution in [3.63, 3.8) is 0 Å². The average molecular weight is 148 g/mol. The molecule has 10 heavy (non-hydrogen) atoms. The van der Waals surface area contributed by atoms with Crippen molar-refractivity contribution < 1.29 is 14.9 Å². The van der Waals surface area contributed by atoms with E-state index in [-0.39, 0.29) is 19.3 Å². The first-order valence-electron chi connectivity index (χ1n) is 3.59. The molecule has 0 bridgehead atoms. The number of methoxy groups -OCH3 is 1. The zero-order chi connectivity index (χ0) is 7.82. The number of aliphatic hydroxyl groups excluding tert-OH is 2. The van der Waals surface area contributed by atoms with Crippen LogP contribution in [-0.4, -0.2) is 36.6 Å². The van der Waals surface area contributed by atoms with Crippen LogP contribution < -0.4 is 0 Å². The molecule has 1 atom stereocenters. The fourth-order valence-corrected chi connectivity index (χ4v) is 0.843. The van der Waals surface area contributed by atoms with E-state index >= 15 is 0 Å². The van der Waals surface area contributed by atoms with Gasteiger partial charge in [0.15, 0.2) is 0 Å². The molecule has 3 heteroatoms. The maximum Gasteiger partial charge on any atom is 0.0594 e. The molecule has 0 aromatic heterocycles. The number of hydrogen-bond acceptors (Lipinski definition) is 3. The molecule has 1 unspecified atom stereocenters. The van der Waals surface area contributed by atoms with Gasteiger partial charge in [0, 0.05) is 20.3 Å². The Kier molecular flexibility index (Phi) is 6.91. The van der Waals surface area contributed by atoms with Crippen molar-refractivity contribution in [1.82, 2.24) is 0 Å². The summed E-state index contributed by atoms with van der Waals surface area (Å²) < 4.78 is 5.02. The summed E-state index contributed by atoms with van der Waals surface area (Å²) >= 11 is 0. The third kappa shape index (κ3) is 4.73. The van der Waals surface area contributed by atoms with Gasteiger partial charge >= 0.3 is 0 Å². The SMILES string of the molecule is COC(CCO)CCCO. The lowest BCUT2D eigenvalue weighted by atomic mass is 10.1. The van der Waals surface area contributed by atoms with Crippen molar-refractivity contribution in [2.24, 2.45) is 0 Å². The Morgan fingerprint density at radius 1 is 1.20 bits per heavy atom.